The van der Waals surface area contributed by atoms with Crippen molar-refractivity contribution in [1.29, 1.82) is 0 Å². The molecule has 0 radical (unpaired) electrons. The van der Waals surface area contributed by atoms with Crippen LogP contribution in [0, 0.1) is 0 Å². The first-order valence-electron chi connectivity index (χ1n) is 3.53. The van der Waals surface area contributed by atoms with E-state index >= 15 is 0 Å². The van der Waals surface area contributed by atoms with Crippen LogP contribution < -0.4 is 16.4 Å². The summed E-state index contributed by atoms with van der Waals surface area (Å²) in [4.78, 5) is 10.9. The average molecular weight is 234 g/mol. The molecule has 1 rings (SSSR count). The number of hydrogen-bond acceptors (Lipinski definition) is 3. The molecule has 0 aliphatic carbocycles. The summed E-state index contributed by atoms with van der Waals surface area (Å²) in [6.45, 7) is 0.410. The lowest BCUT2D eigenvalue weighted by atomic mass is 9.98. The van der Waals surface area contributed by atoms with E-state index < -0.39 is 18.2 Å². The van der Waals surface area contributed by atoms with Crippen molar-refractivity contribution in [2.45, 2.75) is 12.0 Å². The first-order valence-corrected chi connectivity index (χ1v) is 3.53. The second kappa shape index (κ2) is 6.37. The number of alkyl halides is 1. The smallest absolute Gasteiger partial charge is 0.239 e. The predicted molar refractivity (Wildman–Crippen MR) is 53.0 cm³/mol. The minimum Gasteiger partial charge on any atom is -0.368 e. The van der Waals surface area contributed by atoms with Crippen molar-refractivity contribution in [1.82, 2.24) is 10.6 Å². The lowest BCUT2D eigenvalue weighted by molar-refractivity contribution is -0.124. The summed E-state index contributed by atoms with van der Waals surface area (Å²) in [5, 5.41) is 5.40. The van der Waals surface area contributed by atoms with Crippen LogP contribution in [-0.2, 0) is 4.79 Å². The van der Waals surface area contributed by atoms with Gasteiger partial charge < -0.3 is 11.1 Å². The molecule has 1 fully saturated rings. The van der Waals surface area contributed by atoms with Crippen molar-refractivity contribution < 1.29 is 9.18 Å². The molecule has 4 N–H and O–H groups in total. The van der Waals surface area contributed by atoms with Crippen LogP contribution in [0.4, 0.5) is 4.39 Å². The van der Waals surface area contributed by atoms with Crippen LogP contribution >= 0.6 is 24.8 Å². The van der Waals surface area contributed by atoms with Gasteiger partial charge in [0.25, 0.3) is 0 Å². The zero-order valence-electron chi connectivity index (χ0n) is 7.01. The maximum Gasteiger partial charge on any atom is 0.239 e. The molecule has 7 heteroatoms. The van der Waals surface area contributed by atoms with E-state index in [1.165, 1.54) is 0 Å². The number of primary amides is 1. The van der Waals surface area contributed by atoms with Gasteiger partial charge in [-0.2, -0.15) is 0 Å². The highest BCUT2D eigenvalue weighted by Gasteiger charge is 2.38. The van der Waals surface area contributed by atoms with Crippen molar-refractivity contribution in [3.8, 4) is 0 Å². The van der Waals surface area contributed by atoms with Crippen molar-refractivity contribution in [2.75, 3.05) is 19.9 Å². The molecule has 80 valence electrons. The van der Waals surface area contributed by atoms with Gasteiger partial charge in [-0.3, -0.25) is 10.1 Å². The summed E-state index contributed by atoms with van der Waals surface area (Å²) < 4.78 is 11.9. The molecule has 1 aliphatic rings. The third kappa shape index (κ3) is 3.27. The average Bonchev–Trinajstić information content (AvgIpc) is 2.38. The van der Waals surface area contributed by atoms with Gasteiger partial charge in [-0.25, -0.2) is 4.39 Å². The van der Waals surface area contributed by atoms with Gasteiger partial charge in [0.1, 0.15) is 12.3 Å². The second-order valence-corrected chi connectivity index (χ2v) is 2.68. The van der Waals surface area contributed by atoms with Gasteiger partial charge in [-0.15, -0.1) is 24.8 Å². The fourth-order valence-electron chi connectivity index (χ4n) is 1.27. The molecular weight excluding hydrogens is 220 g/mol. The molecule has 1 heterocycles. The molecule has 0 spiro atoms. The molecule has 4 nitrogen and oxygen atoms in total. The van der Waals surface area contributed by atoms with E-state index in [1.807, 2.05) is 0 Å². The summed E-state index contributed by atoms with van der Waals surface area (Å²) in [5.41, 5.74) is 4.26. The summed E-state index contributed by atoms with van der Waals surface area (Å²) in [7, 11) is 0. The highest BCUT2D eigenvalue weighted by molar-refractivity contribution is 5.86. The monoisotopic (exact) mass is 233 g/mol. The number of hydrogen-bond donors (Lipinski definition) is 3. The number of rotatable bonds is 3. The molecule has 0 aromatic heterocycles. The van der Waals surface area contributed by atoms with E-state index in [2.05, 4.69) is 10.6 Å². The lowest BCUT2D eigenvalue weighted by Crippen LogP contribution is -2.56. The van der Waals surface area contributed by atoms with Crippen LogP contribution in [0.5, 0.6) is 0 Å². The van der Waals surface area contributed by atoms with Crippen LogP contribution in [0.1, 0.15) is 6.42 Å². The summed E-state index contributed by atoms with van der Waals surface area (Å²) in [6, 6.07) is 0. The third-order valence-corrected chi connectivity index (χ3v) is 2.03. The molecule has 1 unspecified atom stereocenters. The lowest BCUT2D eigenvalue weighted by Gasteiger charge is -2.23. The molecule has 0 aromatic carbocycles. The van der Waals surface area contributed by atoms with Gasteiger partial charge in [0.2, 0.25) is 5.91 Å². The van der Waals surface area contributed by atoms with Crippen molar-refractivity contribution in [3.63, 3.8) is 0 Å². The molecule has 0 aromatic rings. The molecule has 0 saturated carbocycles. The van der Waals surface area contributed by atoms with E-state index in [1.54, 1.807) is 0 Å². The minimum atomic E-state index is -0.852. The Morgan fingerprint density at radius 3 is 2.54 bits per heavy atom. The number of amides is 1. The van der Waals surface area contributed by atoms with Gasteiger partial charge in [0, 0.05) is 6.54 Å². The van der Waals surface area contributed by atoms with Crippen LogP contribution in [0.2, 0.25) is 0 Å². The molecular formula is C6H14Cl2FN3O. The Balaban J connectivity index is 0. The number of carbonyl (C=O) groups is 1. The van der Waals surface area contributed by atoms with Gasteiger partial charge in [-0.1, -0.05) is 0 Å². The molecule has 1 saturated heterocycles. The number of carbonyl (C=O) groups excluding carboxylic acids is 1. The Bertz CT molecular complexity index is 164. The highest BCUT2D eigenvalue weighted by atomic mass is 35.5. The Hall–Kier alpha value is -0.100. The Morgan fingerprint density at radius 2 is 2.23 bits per heavy atom. The fraction of sp³-hybridized carbons (Fsp3) is 0.833. The van der Waals surface area contributed by atoms with Gasteiger partial charge in [0.15, 0.2) is 0 Å². The predicted octanol–water partition coefficient (Wildman–Crippen LogP) is -0.436. The standard InChI is InChI=1S/C6H12FN3O.2ClH/c7-4-10-6(5(8)11)1-2-9-3-6;;/h9-10H,1-4H2,(H2,8,11);2*1H. The summed E-state index contributed by atoms with van der Waals surface area (Å²) in [5.74, 6) is -0.486. The van der Waals surface area contributed by atoms with E-state index in [0.717, 1.165) is 0 Å². The molecule has 1 aliphatic heterocycles. The molecule has 1 amide bonds. The van der Waals surface area contributed by atoms with Crippen molar-refractivity contribution in [2.24, 2.45) is 5.73 Å². The molecule has 13 heavy (non-hydrogen) atoms. The highest BCUT2D eigenvalue weighted by Crippen LogP contribution is 2.13. The summed E-state index contributed by atoms with van der Waals surface area (Å²) >= 11 is 0. The van der Waals surface area contributed by atoms with Gasteiger partial charge in [-0.05, 0) is 13.0 Å². The van der Waals surface area contributed by atoms with Crippen molar-refractivity contribution >= 4 is 30.7 Å². The number of halogens is 3. The quantitative estimate of drug-likeness (QED) is 0.580. The van der Waals surface area contributed by atoms with Crippen LogP contribution in [0.15, 0.2) is 0 Å². The Labute approximate surface area is 88.6 Å². The normalized spacial score (nSPS) is 25.9. The van der Waals surface area contributed by atoms with Gasteiger partial charge >= 0.3 is 0 Å². The van der Waals surface area contributed by atoms with Crippen molar-refractivity contribution in [3.05, 3.63) is 0 Å². The van der Waals surface area contributed by atoms with E-state index in [0.29, 0.717) is 19.5 Å². The first kappa shape index (κ1) is 15.4. The zero-order chi connectivity index (χ0) is 8.32. The van der Waals surface area contributed by atoms with E-state index in [4.69, 9.17) is 5.73 Å². The van der Waals surface area contributed by atoms with Gasteiger partial charge in [0.05, 0.1) is 0 Å². The molecule has 0 bridgehead atoms. The second-order valence-electron chi connectivity index (χ2n) is 2.68. The SMILES string of the molecule is Cl.Cl.NC(=O)C1(NCF)CCNC1. The Kier molecular flexibility index (Phi) is 7.53. The number of nitrogens with one attached hydrogen (secondary N) is 2. The maximum absolute atomic E-state index is 11.9. The maximum atomic E-state index is 11.9. The fourth-order valence-corrected chi connectivity index (χ4v) is 1.27. The summed E-state index contributed by atoms with van der Waals surface area (Å²) in [6.07, 6.45) is 0.562. The van der Waals surface area contributed by atoms with Crippen LogP contribution in [0.3, 0.4) is 0 Å². The van der Waals surface area contributed by atoms with Crippen LogP contribution in [-0.4, -0.2) is 31.3 Å². The van der Waals surface area contributed by atoms with E-state index in [-0.39, 0.29) is 24.8 Å². The van der Waals surface area contributed by atoms with E-state index in [9.17, 15) is 9.18 Å². The topological polar surface area (TPSA) is 67.2 Å². The first-order chi connectivity index (χ1) is 5.21. The van der Waals surface area contributed by atoms with Crippen LogP contribution in [0.25, 0.3) is 0 Å². The Morgan fingerprint density at radius 1 is 1.62 bits per heavy atom. The largest absolute Gasteiger partial charge is 0.368 e. The number of nitrogens with two attached hydrogens (primary N) is 1. The minimum absolute atomic E-state index is 0. The molecule has 1 atom stereocenters. The third-order valence-electron chi connectivity index (χ3n) is 2.03. The zero-order valence-corrected chi connectivity index (χ0v) is 8.64.